The SMILES string of the molecule is c1ccc2c(c1)Oc1cc3c4c5c1B2c1ccccc1N5c1ccccc1B4c1cc2c(cc1O3)Oc1cc3c4c5c1B2c1ccccc1N5c1ccccc1B4c1cccc2c4ccccc4n-3c12. The first-order valence-electron chi connectivity index (χ1n) is 24.5. The molecule has 316 valence electrons. The molecule has 0 unspecified atom stereocenters. The van der Waals surface area contributed by atoms with E-state index in [9.17, 15) is 0 Å². The molecule has 70 heavy (non-hydrogen) atoms. The van der Waals surface area contributed by atoms with Crippen molar-refractivity contribution in [3.8, 4) is 40.2 Å². The first kappa shape index (κ1) is 35.4. The van der Waals surface area contributed by atoms with Crippen molar-refractivity contribution in [3.63, 3.8) is 0 Å². The van der Waals surface area contributed by atoms with Gasteiger partial charge in [-0.2, -0.15) is 0 Å². The number of benzene rings is 10. The van der Waals surface area contributed by atoms with E-state index in [1.807, 2.05) is 0 Å². The summed E-state index contributed by atoms with van der Waals surface area (Å²) in [6, 6.07) is 69.6. The lowest BCUT2D eigenvalue weighted by Gasteiger charge is -2.48. The molecule has 10 aromatic carbocycles. The van der Waals surface area contributed by atoms with Crippen LogP contribution in [0.5, 0.6) is 34.5 Å². The molecule has 1 aromatic heterocycles. The van der Waals surface area contributed by atoms with Crippen molar-refractivity contribution < 1.29 is 14.2 Å². The number of rotatable bonds is 0. The van der Waals surface area contributed by atoms with Crippen LogP contribution < -0.4 is 89.6 Å². The molecule has 19 rings (SSSR count). The summed E-state index contributed by atoms with van der Waals surface area (Å²) >= 11 is 0. The second-order valence-corrected chi connectivity index (χ2v) is 20.1. The molecule has 8 aliphatic rings. The average Bonchev–Trinajstić information content (AvgIpc) is 3.79. The largest absolute Gasteiger partial charge is 0.458 e. The molecule has 0 aliphatic carbocycles. The maximum Gasteiger partial charge on any atom is 0.256 e. The number of nitrogens with zero attached hydrogens (tertiary/aromatic N) is 3. The summed E-state index contributed by atoms with van der Waals surface area (Å²) in [5, 5.41) is 2.54. The Labute approximate surface area is 403 Å². The maximum absolute atomic E-state index is 7.46. The quantitative estimate of drug-likeness (QED) is 0.184. The zero-order chi connectivity index (χ0) is 44.8. The van der Waals surface area contributed by atoms with Gasteiger partial charge in [-0.05, 0) is 102 Å². The van der Waals surface area contributed by atoms with Crippen LogP contribution in [0.1, 0.15) is 0 Å². The molecule has 0 saturated heterocycles. The lowest BCUT2D eigenvalue weighted by Crippen LogP contribution is -2.69. The third kappa shape index (κ3) is 3.89. The highest BCUT2D eigenvalue weighted by atomic mass is 16.5. The summed E-state index contributed by atoms with van der Waals surface area (Å²) < 4.78 is 24.2. The monoisotopic (exact) mass is 885 g/mol. The number of anilines is 6. The predicted molar refractivity (Wildman–Crippen MR) is 288 cm³/mol. The molecule has 10 heteroatoms. The standard InChI is InChI=1S/C60H31B4N3O3/c1-7-22-42-32(14-1)33-15-13-21-39-58(33)65(42)47-29-51-55-59-54(47)62(39)35-17-3-9-24-44(35)66(59)45-25-10-4-18-36(45)63(55)40-28-41-50(30-49(40)69-51)70-53-31-52-56-60-57(53)64(41)37-19-5-11-26-46(37)67(60)43-23-8-2-16-34(43)61(56)38-20-6-12-27-48(38)68-52/h1-31H. The van der Waals surface area contributed by atoms with E-state index in [-0.39, 0.29) is 26.9 Å². The van der Waals surface area contributed by atoms with E-state index >= 15 is 0 Å². The van der Waals surface area contributed by atoms with Crippen LogP contribution in [0.4, 0.5) is 34.1 Å². The Morgan fingerprint density at radius 3 is 1.33 bits per heavy atom. The lowest BCUT2D eigenvalue weighted by molar-refractivity contribution is 0.457. The number of ether oxygens (including phenoxy) is 3. The van der Waals surface area contributed by atoms with Gasteiger partial charge in [0.1, 0.15) is 34.5 Å². The van der Waals surface area contributed by atoms with Crippen molar-refractivity contribution in [1.82, 2.24) is 4.57 Å². The summed E-state index contributed by atoms with van der Waals surface area (Å²) in [5.41, 5.74) is 25.8. The van der Waals surface area contributed by atoms with Crippen LogP contribution >= 0.6 is 0 Å². The molecule has 0 amide bonds. The fraction of sp³-hybridized carbons (Fsp3) is 0. The molecular formula is C60H31B4N3O3. The van der Waals surface area contributed by atoms with Crippen LogP contribution in [-0.4, -0.2) is 31.4 Å². The molecule has 0 bridgehead atoms. The van der Waals surface area contributed by atoms with Gasteiger partial charge in [-0.25, -0.2) is 0 Å². The van der Waals surface area contributed by atoms with Crippen molar-refractivity contribution in [2.24, 2.45) is 0 Å². The summed E-state index contributed by atoms with van der Waals surface area (Å²) in [7, 11) is 0. The van der Waals surface area contributed by atoms with Crippen LogP contribution in [-0.2, 0) is 0 Å². The minimum absolute atomic E-state index is 0.0135. The Hall–Kier alpha value is -8.74. The average molecular weight is 885 g/mol. The normalized spacial score (nSPS) is 15.0. The highest BCUT2D eigenvalue weighted by Crippen LogP contribution is 2.49. The first-order chi connectivity index (χ1) is 34.8. The summed E-state index contributed by atoms with van der Waals surface area (Å²) in [4.78, 5) is 5.05. The first-order valence-corrected chi connectivity index (χ1v) is 24.5. The highest BCUT2D eigenvalue weighted by Gasteiger charge is 2.54. The number of aromatic nitrogens is 1. The van der Waals surface area contributed by atoms with Crippen molar-refractivity contribution in [2.75, 3.05) is 9.80 Å². The van der Waals surface area contributed by atoms with Crippen LogP contribution in [0.3, 0.4) is 0 Å². The second-order valence-electron chi connectivity index (χ2n) is 20.1. The molecule has 9 heterocycles. The third-order valence-corrected chi connectivity index (χ3v) is 17.1. The van der Waals surface area contributed by atoms with Gasteiger partial charge >= 0.3 is 0 Å². The van der Waals surface area contributed by atoms with Gasteiger partial charge in [0.25, 0.3) is 26.9 Å². The molecule has 0 radical (unpaired) electrons. The summed E-state index contributed by atoms with van der Waals surface area (Å²) in [6.07, 6.45) is 0. The Morgan fingerprint density at radius 1 is 0.286 bits per heavy atom. The van der Waals surface area contributed by atoms with Crippen molar-refractivity contribution in [1.29, 1.82) is 0 Å². The Kier molecular flexibility index (Phi) is 6.03. The molecule has 0 saturated carbocycles. The molecule has 0 N–H and O–H groups in total. The zero-order valence-corrected chi connectivity index (χ0v) is 37.3. The van der Waals surface area contributed by atoms with Gasteiger partial charge in [-0.15, -0.1) is 0 Å². The van der Waals surface area contributed by atoms with Gasteiger partial charge < -0.3 is 28.6 Å². The minimum Gasteiger partial charge on any atom is -0.458 e. The van der Waals surface area contributed by atoms with Gasteiger partial charge in [-0.1, -0.05) is 133 Å². The van der Waals surface area contributed by atoms with E-state index in [2.05, 4.69) is 202 Å². The van der Waals surface area contributed by atoms with Gasteiger partial charge in [0.15, 0.2) is 0 Å². The molecule has 0 atom stereocenters. The van der Waals surface area contributed by atoms with Crippen LogP contribution in [0, 0.1) is 0 Å². The Balaban J connectivity index is 0.891. The summed E-state index contributed by atoms with van der Waals surface area (Å²) in [6.45, 7) is -0.144. The maximum atomic E-state index is 7.46. The molecule has 0 spiro atoms. The van der Waals surface area contributed by atoms with Crippen molar-refractivity contribution in [3.05, 3.63) is 188 Å². The van der Waals surface area contributed by atoms with E-state index < -0.39 is 0 Å². The second kappa shape index (κ2) is 11.9. The van der Waals surface area contributed by atoms with Crippen LogP contribution in [0.2, 0.25) is 0 Å². The smallest absolute Gasteiger partial charge is 0.256 e. The number of hydrogen-bond donors (Lipinski definition) is 0. The van der Waals surface area contributed by atoms with Gasteiger partial charge in [0, 0.05) is 74.3 Å². The van der Waals surface area contributed by atoms with E-state index in [4.69, 9.17) is 14.2 Å². The number of para-hydroxylation sites is 7. The Bertz CT molecular complexity index is 4380. The van der Waals surface area contributed by atoms with Gasteiger partial charge in [0.05, 0.1) is 5.52 Å². The molecule has 8 aliphatic heterocycles. The molecule has 6 nitrogen and oxygen atoms in total. The van der Waals surface area contributed by atoms with E-state index in [0.29, 0.717) is 0 Å². The third-order valence-electron chi connectivity index (χ3n) is 17.1. The fourth-order valence-electron chi connectivity index (χ4n) is 14.7. The number of hydrogen-bond acceptors (Lipinski definition) is 5. The highest BCUT2D eigenvalue weighted by molar-refractivity contribution is 7.06. The van der Waals surface area contributed by atoms with Crippen molar-refractivity contribution in [2.45, 2.75) is 0 Å². The Morgan fingerprint density at radius 2 is 0.714 bits per heavy atom. The fourth-order valence-corrected chi connectivity index (χ4v) is 14.7. The summed E-state index contributed by atoms with van der Waals surface area (Å²) in [5.74, 6) is 5.08. The molecule has 11 aromatic rings. The van der Waals surface area contributed by atoms with E-state index in [0.717, 1.165) is 45.4 Å². The van der Waals surface area contributed by atoms with Crippen LogP contribution in [0.15, 0.2) is 188 Å². The van der Waals surface area contributed by atoms with Crippen molar-refractivity contribution >= 4 is 148 Å². The van der Waals surface area contributed by atoms with E-state index in [1.165, 1.54) is 116 Å². The minimum atomic E-state index is -0.101. The topological polar surface area (TPSA) is 39.1 Å². The zero-order valence-electron chi connectivity index (χ0n) is 37.3. The molecule has 0 fully saturated rings. The van der Waals surface area contributed by atoms with Gasteiger partial charge in [0.2, 0.25) is 0 Å². The van der Waals surface area contributed by atoms with E-state index in [1.54, 1.807) is 0 Å². The predicted octanol–water partition coefficient (Wildman–Crippen LogP) is 5.67. The molecular weight excluding hydrogens is 854 g/mol. The number of fused-ring (bicyclic) bond motifs is 23. The van der Waals surface area contributed by atoms with Crippen LogP contribution in [0.25, 0.3) is 27.5 Å². The lowest BCUT2D eigenvalue weighted by atomic mass is 9.28. The van der Waals surface area contributed by atoms with Gasteiger partial charge in [-0.3, -0.25) is 0 Å².